The third kappa shape index (κ3) is 6.90. The highest BCUT2D eigenvalue weighted by molar-refractivity contribution is 7.26. The minimum atomic E-state index is 0.141. The van der Waals surface area contributed by atoms with E-state index in [-0.39, 0.29) is 6.17 Å². The number of anilines is 2. The van der Waals surface area contributed by atoms with Crippen LogP contribution in [-0.2, 0) is 13.1 Å². The molecule has 0 amide bonds. The van der Waals surface area contributed by atoms with Crippen molar-refractivity contribution < 1.29 is 0 Å². The lowest BCUT2D eigenvalue weighted by atomic mass is 9.94. The molecule has 1 aromatic heterocycles. The van der Waals surface area contributed by atoms with Gasteiger partial charge in [-0.15, -0.1) is 11.3 Å². The lowest BCUT2D eigenvalue weighted by molar-refractivity contribution is 0.221. The van der Waals surface area contributed by atoms with Gasteiger partial charge >= 0.3 is 0 Å². The number of hydrogen-bond acceptors (Lipinski definition) is 5. The van der Waals surface area contributed by atoms with E-state index in [0.717, 1.165) is 30.0 Å². The molecule has 0 spiro atoms. The largest absolute Gasteiger partial charge is 0.355 e. The average molecular weight is 741 g/mol. The second-order valence-electron chi connectivity index (χ2n) is 14.4. The number of fused-ring (bicyclic) bond motifs is 3. The molecular formula is C51H40N4S. The van der Waals surface area contributed by atoms with Crippen LogP contribution >= 0.6 is 11.3 Å². The highest BCUT2D eigenvalue weighted by Crippen LogP contribution is 2.43. The van der Waals surface area contributed by atoms with Crippen LogP contribution in [0.3, 0.4) is 0 Å². The van der Waals surface area contributed by atoms with Gasteiger partial charge in [-0.05, 0) is 80.9 Å². The Morgan fingerprint density at radius 1 is 0.482 bits per heavy atom. The molecule has 1 aliphatic rings. The molecule has 2 unspecified atom stereocenters. The summed E-state index contributed by atoms with van der Waals surface area (Å²) in [5.41, 5.74) is 16.8. The topological polar surface area (TPSA) is 30.1 Å². The first-order valence-electron chi connectivity index (χ1n) is 19.2. The summed E-state index contributed by atoms with van der Waals surface area (Å²) in [7, 11) is 0. The summed E-state index contributed by atoms with van der Waals surface area (Å²) >= 11 is 1.88. The highest BCUT2D eigenvalue weighted by Gasteiger charge is 2.46. The number of hydrazine groups is 2. The highest BCUT2D eigenvalue weighted by atomic mass is 32.1. The van der Waals surface area contributed by atoms with Crippen LogP contribution in [0, 0.1) is 0 Å². The molecule has 270 valence electrons. The molecule has 0 saturated carbocycles. The summed E-state index contributed by atoms with van der Waals surface area (Å²) in [4.78, 5) is 0. The van der Waals surface area contributed by atoms with Gasteiger partial charge in [0.2, 0.25) is 0 Å². The Hall–Kier alpha value is -6.34. The van der Waals surface area contributed by atoms with Crippen molar-refractivity contribution in [3.05, 3.63) is 217 Å². The summed E-state index contributed by atoms with van der Waals surface area (Å²) in [5, 5.41) is 11.1. The van der Waals surface area contributed by atoms with Gasteiger partial charge in [-0.2, -0.15) is 10.1 Å². The summed E-state index contributed by atoms with van der Waals surface area (Å²) in [6, 6.07) is 72.0. The van der Waals surface area contributed by atoms with Gasteiger partial charge in [0.25, 0.3) is 0 Å². The monoisotopic (exact) mass is 740 g/mol. The zero-order valence-corrected chi connectivity index (χ0v) is 31.7. The summed E-state index contributed by atoms with van der Waals surface area (Å²) in [6.45, 7) is 1.60. The zero-order chi connectivity index (χ0) is 37.3. The fraction of sp³-hybridized carbons (Fsp3) is 0.0588. The quantitative estimate of drug-likeness (QED) is 0.129. The van der Waals surface area contributed by atoms with E-state index in [1.165, 1.54) is 64.7 Å². The van der Waals surface area contributed by atoms with E-state index in [4.69, 9.17) is 0 Å². The minimum absolute atomic E-state index is 0.141. The molecule has 2 N–H and O–H groups in total. The van der Waals surface area contributed by atoms with Crippen molar-refractivity contribution in [2.45, 2.75) is 19.3 Å². The van der Waals surface area contributed by atoms with Crippen molar-refractivity contribution in [1.82, 2.24) is 15.6 Å². The van der Waals surface area contributed by atoms with Crippen molar-refractivity contribution in [1.29, 1.82) is 0 Å². The van der Waals surface area contributed by atoms with Gasteiger partial charge in [0.1, 0.15) is 6.17 Å². The molecular weight excluding hydrogens is 701 g/mol. The van der Waals surface area contributed by atoms with Gasteiger partial charge in [0.15, 0.2) is 0 Å². The number of nitrogens with one attached hydrogen (secondary N) is 2. The number of thiophene rings is 1. The predicted molar refractivity (Wildman–Crippen MR) is 235 cm³/mol. The normalized spacial score (nSPS) is 16.2. The molecule has 9 aromatic rings. The Morgan fingerprint density at radius 2 is 1.12 bits per heavy atom. The average Bonchev–Trinajstić information content (AvgIpc) is 3.80. The number of nitrogens with zero attached hydrogens (tertiary/aromatic N) is 2. The Labute approximate surface area is 331 Å². The van der Waals surface area contributed by atoms with Crippen molar-refractivity contribution >= 4 is 42.9 Å². The maximum Gasteiger partial charge on any atom is 0.132 e. The van der Waals surface area contributed by atoms with E-state index in [0.29, 0.717) is 0 Å². The van der Waals surface area contributed by atoms with Crippen molar-refractivity contribution in [2.24, 2.45) is 0 Å². The molecule has 2 heterocycles. The van der Waals surface area contributed by atoms with E-state index < -0.39 is 0 Å². The molecule has 5 heteroatoms. The van der Waals surface area contributed by atoms with Gasteiger partial charge < -0.3 is 5.32 Å². The summed E-state index contributed by atoms with van der Waals surface area (Å²) < 4.78 is 2.65. The Bertz CT molecular complexity index is 2760. The van der Waals surface area contributed by atoms with Crippen LogP contribution in [-0.4, -0.2) is 10.1 Å². The Kier molecular flexibility index (Phi) is 9.19. The second-order valence-corrected chi connectivity index (χ2v) is 15.4. The predicted octanol–water partition coefficient (Wildman–Crippen LogP) is 13.2. The van der Waals surface area contributed by atoms with Crippen LogP contribution in [0.5, 0.6) is 0 Å². The molecule has 1 fully saturated rings. The first-order valence-corrected chi connectivity index (χ1v) is 20.0. The van der Waals surface area contributed by atoms with Gasteiger partial charge in [0, 0.05) is 50.2 Å². The zero-order valence-electron chi connectivity index (χ0n) is 30.8. The van der Waals surface area contributed by atoms with Gasteiger partial charge in [-0.25, -0.2) is 5.43 Å². The Morgan fingerprint density at radius 3 is 1.91 bits per heavy atom. The number of hydrogen-bond donors (Lipinski definition) is 2. The molecule has 8 aromatic carbocycles. The van der Waals surface area contributed by atoms with Gasteiger partial charge in [0.05, 0.1) is 0 Å². The Balaban J connectivity index is 0.962. The molecule has 1 saturated heterocycles. The fourth-order valence-corrected chi connectivity index (χ4v) is 9.06. The SMILES string of the molecule is c1ccc(CNN2C(c3ccc(Nc4ccc(-c5ccccc5)cc4-c4cccc(-c5cccc6c5sc5ccccc56)c4)cc3)[N@@]2Cc2ccccc2)cc1. The standard InChI is InChI=1S/C51H40N4S/c1-4-14-36(15-5-1)34-52-55-51(54(55)35-37-16-6-2-7-17-37)39-26-29-43(30-27-39)53-48-31-28-40(38-18-8-3-9-19-38)33-47(48)42-21-12-20-41(32-42)44-23-13-24-46-45-22-10-11-25-49(45)56-50(44)46/h1-33,51-53H,34-35H2/t51?,54-,55?/m1/s1. The summed E-state index contributed by atoms with van der Waals surface area (Å²) in [5.74, 6) is 0. The molecule has 0 bridgehead atoms. The first kappa shape index (κ1) is 34.2. The lowest BCUT2D eigenvalue weighted by Gasteiger charge is -2.16. The van der Waals surface area contributed by atoms with Crippen molar-refractivity contribution in [3.63, 3.8) is 0 Å². The van der Waals surface area contributed by atoms with Gasteiger partial charge in [-0.3, -0.25) is 0 Å². The fourth-order valence-electron chi connectivity index (χ4n) is 7.82. The maximum atomic E-state index is 3.81. The third-order valence-corrected chi connectivity index (χ3v) is 11.9. The van der Waals surface area contributed by atoms with E-state index >= 15 is 0 Å². The molecule has 0 radical (unpaired) electrons. The van der Waals surface area contributed by atoms with Crippen LogP contribution in [0.15, 0.2) is 200 Å². The van der Waals surface area contributed by atoms with Crippen LogP contribution in [0.25, 0.3) is 53.6 Å². The maximum absolute atomic E-state index is 3.81. The molecule has 1 aliphatic heterocycles. The van der Waals surface area contributed by atoms with Crippen LogP contribution in [0.1, 0.15) is 22.9 Å². The van der Waals surface area contributed by atoms with Crippen LogP contribution < -0.4 is 10.7 Å². The first-order chi connectivity index (χ1) is 27.7. The third-order valence-electron chi connectivity index (χ3n) is 10.7. The second kappa shape index (κ2) is 15.1. The van der Waals surface area contributed by atoms with E-state index in [9.17, 15) is 0 Å². The minimum Gasteiger partial charge on any atom is -0.355 e. The van der Waals surface area contributed by atoms with E-state index in [1.54, 1.807) is 0 Å². The van der Waals surface area contributed by atoms with Crippen LogP contribution in [0.4, 0.5) is 11.4 Å². The van der Waals surface area contributed by atoms with Gasteiger partial charge in [-0.1, -0.05) is 164 Å². The van der Waals surface area contributed by atoms with Crippen molar-refractivity contribution in [3.8, 4) is 33.4 Å². The summed E-state index contributed by atoms with van der Waals surface area (Å²) in [6.07, 6.45) is 0.141. The molecule has 0 aliphatic carbocycles. The lowest BCUT2D eigenvalue weighted by Crippen LogP contribution is -2.24. The van der Waals surface area contributed by atoms with E-state index in [2.05, 4.69) is 221 Å². The molecule has 56 heavy (non-hydrogen) atoms. The number of benzene rings is 8. The molecule has 3 atom stereocenters. The van der Waals surface area contributed by atoms with Crippen molar-refractivity contribution in [2.75, 3.05) is 5.32 Å². The van der Waals surface area contributed by atoms with Crippen LogP contribution in [0.2, 0.25) is 0 Å². The molecule has 10 rings (SSSR count). The smallest absolute Gasteiger partial charge is 0.132 e. The number of rotatable bonds is 11. The van der Waals surface area contributed by atoms with E-state index in [1.807, 2.05) is 11.3 Å². The molecule has 4 nitrogen and oxygen atoms in total.